The van der Waals surface area contributed by atoms with E-state index in [1.54, 1.807) is 0 Å². The largest absolute Gasteiger partial charge is 0.328 e. The van der Waals surface area contributed by atoms with Gasteiger partial charge in [0, 0.05) is 43.3 Å². The van der Waals surface area contributed by atoms with Gasteiger partial charge in [-0.1, -0.05) is 23.7 Å². The van der Waals surface area contributed by atoms with Crippen LogP contribution in [-0.4, -0.2) is 40.2 Å². The maximum atomic E-state index is 13.1. The van der Waals surface area contributed by atoms with Gasteiger partial charge < -0.3 is 10.2 Å². The monoisotopic (exact) mass is 344 g/mol. The lowest BCUT2D eigenvalue weighted by Crippen LogP contribution is -2.48. The van der Waals surface area contributed by atoms with Crippen LogP contribution < -0.4 is 5.32 Å². The van der Waals surface area contributed by atoms with Crippen molar-refractivity contribution in [3.8, 4) is 0 Å². The Morgan fingerprint density at radius 3 is 2.92 bits per heavy atom. The highest BCUT2D eigenvalue weighted by atomic mass is 35.5. The normalized spacial score (nSPS) is 21.1. The van der Waals surface area contributed by atoms with E-state index in [4.69, 9.17) is 11.6 Å². The Morgan fingerprint density at radius 1 is 1.33 bits per heavy atom. The van der Waals surface area contributed by atoms with Crippen LogP contribution in [0.25, 0.3) is 0 Å². The number of aromatic nitrogens is 2. The summed E-state index contributed by atoms with van der Waals surface area (Å²) in [6.07, 6.45) is 2.40. The molecule has 24 heavy (non-hydrogen) atoms. The third kappa shape index (κ3) is 2.94. The molecule has 4 rings (SSSR count). The van der Waals surface area contributed by atoms with E-state index in [2.05, 4.69) is 10.4 Å². The number of hydrogen-bond acceptors (Lipinski definition) is 3. The van der Waals surface area contributed by atoms with Crippen LogP contribution in [0, 0.1) is 0 Å². The number of carbonyl (C=O) groups is 1. The standard InChI is InChI=1S/C18H21ClN4O/c1-22-16(12-5-6-12)10-15(21-22)18(24)23-8-7-20-11-17(23)13-3-2-4-14(19)9-13/h2-4,9-10,12,17,20H,5-8,11H2,1H3. The number of carbonyl (C=O) groups excluding carboxylic acids is 1. The molecular weight excluding hydrogens is 324 g/mol. The second-order valence-electron chi connectivity index (χ2n) is 6.63. The highest BCUT2D eigenvalue weighted by molar-refractivity contribution is 6.30. The quantitative estimate of drug-likeness (QED) is 0.931. The number of aryl methyl sites for hydroxylation is 1. The summed E-state index contributed by atoms with van der Waals surface area (Å²) >= 11 is 6.13. The first-order valence-electron chi connectivity index (χ1n) is 8.44. The average Bonchev–Trinajstić information content (AvgIpc) is 3.36. The molecule has 1 unspecified atom stereocenters. The maximum absolute atomic E-state index is 13.1. The summed E-state index contributed by atoms with van der Waals surface area (Å²) in [5.74, 6) is 0.583. The fraction of sp³-hybridized carbons (Fsp3) is 0.444. The Hall–Kier alpha value is -1.85. The molecular formula is C18H21ClN4O. The molecule has 6 heteroatoms. The van der Waals surface area contributed by atoms with Gasteiger partial charge in [0.2, 0.25) is 0 Å². The Labute approximate surface area is 146 Å². The van der Waals surface area contributed by atoms with Crippen molar-refractivity contribution in [3.05, 3.63) is 52.3 Å². The van der Waals surface area contributed by atoms with Gasteiger partial charge in [-0.25, -0.2) is 0 Å². The van der Waals surface area contributed by atoms with Gasteiger partial charge in [0.15, 0.2) is 5.69 Å². The number of nitrogens with zero attached hydrogens (tertiary/aromatic N) is 3. The van der Waals surface area contributed by atoms with Crippen molar-refractivity contribution in [1.82, 2.24) is 20.0 Å². The van der Waals surface area contributed by atoms with Crippen LogP contribution in [0.3, 0.4) is 0 Å². The van der Waals surface area contributed by atoms with Crippen molar-refractivity contribution < 1.29 is 4.79 Å². The molecule has 1 atom stereocenters. The van der Waals surface area contributed by atoms with Crippen LogP contribution in [0.4, 0.5) is 0 Å². The minimum absolute atomic E-state index is 0.00368. The molecule has 1 N–H and O–H groups in total. The van der Waals surface area contributed by atoms with Crippen molar-refractivity contribution in [1.29, 1.82) is 0 Å². The van der Waals surface area contributed by atoms with E-state index >= 15 is 0 Å². The molecule has 2 fully saturated rings. The van der Waals surface area contributed by atoms with Crippen LogP contribution in [-0.2, 0) is 7.05 Å². The molecule has 1 saturated heterocycles. The van der Waals surface area contributed by atoms with E-state index in [1.807, 2.05) is 47.0 Å². The van der Waals surface area contributed by atoms with Gasteiger partial charge in [0.25, 0.3) is 5.91 Å². The summed E-state index contributed by atoms with van der Waals surface area (Å²) in [6.45, 7) is 2.20. The Bertz CT molecular complexity index is 768. The van der Waals surface area contributed by atoms with Crippen molar-refractivity contribution in [2.45, 2.75) is 24.8 Å². The fourth-order valence-electron chi connectivity index (χ4n) is 3.45. The van der Waals surface area contributed by atoms with Gasteiger partial charge in [-0.15, -0.1) is 0 Å². The van der Waals surface area contributed by atoms with Gasteiger partial charge >= 0.3 is 0 Å². The van der Waals surface area contributed by atoms with Crippen molar-refractivity contribution in [2.24, 2.45) is 7.05 Å². The third-order valence-corrected chi connectivity index (χ3v) is 5.10. The number of rotatable bonds is 3. The minimum atomic E-state index is -0.0173. The Morgan fingerprint density at radius 2 is 2.17 bits per heavy atom. The molecule has 0 spiro atoms. The highest BCUT2D eigenvalue weighted by Crippen LogP contribution is 2.40. The number of nitrogens with one attached hydrogen (secondary N) is 1. The second-order valence-corrected chi connectivity index (χ2v) is 7.06. The summed E-state index contributed by atoms with van der Waals surface area (Å²) in [5.41, 5.74) is 2.78. The van der Waals surface area contributed by atoms with Crippen molar-refractivity contribution in [3.63, 3.8) is 0 Å². The Balaban J connectivity index is 1.62. The van der Waals surface area contributed by atoms with Gasteiger partial charge in [0.05, 0.1) is 6.04 Å². The van der Waals surface area contributed by atoms with E-state index in [0.29, 0.717) is 23.2 Å². The molecule has 5 nitrogen and oxygen atoms in total. The molecule has 2 heterocycles. The molecule has 2 aliphatic rings. The predicted octanol–water partition coefficient (Wildman–Crippen LogP) is 2.74. The van der Waals surface area contributed by atoms with Crippen LogP contribution >= 0.6 is 11.6 Å². The third-order valence-electron chi connectivity index (χ3n) is 4.87. The zero-order valence-electron chi connectivity index (χ0n) is 13.7. The molecule has 1 aromatic heterocycles. The summed E-state index contributed by atoms with van der Waals surface area (Å²) in [7, 11) is 1.93. The molecule has 1 aromatic carbocycles. The summed E-state index contributed by atoms with van der Waals surface area (Å²) in [4.78, 5) is 15.0. The first-order valence-corrected chi connectivity index (χ1v) is 8.82. The first-order chi connectivity index (χ1) is 11.6. The van der Waals surface area contributed by atoms with Crippen molar-refractivity contribution in [2.75, 3.05) is 19.6 Å². The number of halogens is 1. The molecule has 0 radical (unpaired) electrons. The van der Waals surface area contributed by atoms with E-state index in [1.165, 1.54) is 18.5 Å². The summed E-state index contributed by atoms with van der Waals surface area (Å²) in [5, 5.41) is 8.54. The van der Waals surface area contributed by atoms with E-state index in [0.717, 1.165) is 18.7 Å². The van der Waals surface area contributed by atoms with E-state index in [-0.39, 0.29) is 11.9 Å². The molecule has 1 amide bonds. The van der Waals surface area contributed by atoms with E-state index in [9.17, 15) is 4.79 Å². The van der Waals surface area contributed by atoms with Gasteiger partial charge in [0.1, 0.15) is 0 Å². The fourth-order valence-corrected chi connectivity index (χ4v) is 3.65. The zero-order valence-corrected chi connectivity index (χ0v) is 14.5. The number of hydrogen-bond donors (Lipinski definition) is 1. The predicted molar refractivity (Wildman–Crippen MR) is 93.3 cm³/mol. The molecule has 1 aliphatic heterocycles. The highest BCUT2D eigenvalue weighted by Gasteiger charge is 2.32. The summed E-state index contributed by atoms with van der Waals surface area (Å²) < 4.78 is 1.86. The topological polar surface area (TPSA) is 50.2 Å². The molecule has 126 valence electrons. The van der Waals surface area contributed by atoms with Crippen LogP contribution in [0.5, 0.6) is 0 Å². The molecule has 1 saturated carbocycles. The number of benzene rings is 1. The summed E-state index contributed by atoms with van der Waals surface area (Å²) in [6, 6.07) is 9.70. The lowest BCUT2D eigenvalue weighted by atomic mass is 10.0. The molecule has 2 aromatic rings. The second kappa shape index (κ2) is 6.22. The lowest BCUT2D eigenvalue weighted by molar-refractivity contribution is 0.0627. The van der Waals surface area contributed by atoms with Crippen LogP contribution in [0.15, 0.2) is 30.3 Å². The molecule has 1 aliphatic carbocycles. The van der Waals surface area contributed by atoms with Gasteiger partial charge in [-0.2, -0.15) is 5.10 Å². The SMILES string of the molecule is Cn1nc(C(=O)N2CCNCC2c2cccc(Cl)c2)cc1C1CC1. The van der Waals surface area contributed by atoms with Gasteiger partial charge in [-0.05, 0) is 36.6 Å². The Kier molecular flexibility index (Phi) is 4.06. The average molecular weight is 345 g/mol. The number of amides is 1. The minimum Gasteiger partial charge on any atom is -0.328 e. The molecule has 0 bridgehead atoms. The smallest absolute Gasteiger partial charge is 0.274 e. The van der Waals surface area contributed by atoms with Crippen LogP contribution in [0.2, 0.25) is 5.02 Å². The lowest BCUT2D eigenvalue weighted by Gasteiger charge is -2.36. The first kappa shape index (κ1) is 15.7. The maximum Gasteiger partial charge on any atom is 0.274 e. The van der Waals surface area contributed by atoms with E-state index < -0.39 is 0 Å². The zero-order chi connectivity index (χ0) is 16.7. The van der Waals surface area contributed by atoms with Gasteiger partial charge in [-0.3, -0.25) is 9.48 Å². The number of piperazine rings is 1. The van der Waals surface area contributed by atoms with Crippen molar-refractivity contribution >= 4 is 17.5 Å². The van der Waals surface area contributed by atoms with Crippen LogP contribution in [0.1, 0.15) is 46.5 Å².